The number of nitrogens with one attached hydrogen (secondary N) is 3. The highest BCUT2D eigenvalue weighted by atomic mass is 16.5. The van der Waals surface area contributed by atoms with Gasteiger partial charge in [0.2, 0.25) is 5.91 Å². The zero-order chi connectivity index (χ0) is 17.7. The fourth-order valence-corrected chi connectivity index (χ4v) is 2.75. The topological polar surface area (TPSA) is 99.7 Å². The maximum Gasteiger partial charge on any atom is 0.326 e. The highest BCUT2D eigenvalue weighted by Gasteiger charge is 2.32. The minimum atomic E-state index is -1.00. The minimum Gasteiger partial charge on any atom is -0.497 e. The van der Waals surface area contributed by atoms with E-state index in [0.29, 0.717) is 12.8 Å². The van der Waals surface area contributed by atoms with Crippen LogP contribution in [0.25, 0.3) is 0 Å². The second kappa shape index (κ2) is 8.12. The molecule has 1 fully saturated rings. The van der Waals surface area contributed by atoms with E-state index in [-0.39, 0.29) is 17.9 Å². The first-order chi connectivity index (χ1) is 11.4. The number of hydrazine groups is 1. The maximum absolute atomic E-state index is 12.3. The first-order valence-electron chi connectivity index (χ1n) is 8.09. The average molecular weight is 335 g/mol. The number of hydrogen-bond donors (Lipinski definition) is 4. The summed E-state index contributed by atoms with van der Waals surface area (Å²) in [5.41, 5.74) is 7.07. The van der Waals surface area contributed by atoms with Crippen LogP contribution in [0.1, 0.15) is 38.3 Å². The van der Waals surface area contributed by atoms with Crippen LogP contribution in [0.15, 0.2) is 24.3 Å². The lowest BCUT2D eigenvalue weighted by Crippen LogP contribution is -2.49. The lowest BCUT2D eigenvalue weighted by atomic mass is 10.0. The molecule has 0 aliphatic carbocycles. The molecule has 0 spiro atoms. The molecule has 1 amide bonds. The van der Waals surface area contributed by atoms with Crippen molar-refractivity contribution in [2.45, 2.75) is 44.8 Å². The van der Waals surface area contributed by atoms with Gasteiger partial charge in [0.15, 0.2) is 0 Å². The van der Waals surface area contributed by atoms with E-state index in [4.69, 9.17) is 4.74 Å². The van der Waals surface area contributed by atoms with E-state index < -0.39 is 18.1 Å². The first kappa shape index (κ1) is 18.2. The highest BCUT2D eigenvalue weighted by molar-refractivity contribution is 5.87. The van der Waals surface area contributed by atoms with Gasteiger partial charge in [-0.15, -0.1) is 0 Å². The predicted octanol–water partition coefficient (Wildman–Crippen LogP) is 1.22. The molecule has 3 atom stereocenters. The smallest absolute Gasteiger partial charge is 0.326 e. The summed E-state index contributed by atoms with van der Waals surface area (Å²) in [4.78, 5) is 23.6. The number of carboxylic acids is 1. The minimum absolute atomic E-state index is 0.0139. The molecule has 1 aliphatic heterocycles. The molecule has 1 aromatic carbocycles. The van der Waals surface area contributed by atoms with Gasteiger partial charge in [-0.3, -0.25) is 4.79 Å². The second-order valence-corrected chi connectivity index (χ2v) is 6.43. The standard InChI is InChI=1S/C17H25N3O4/c1-10(2)8-15(17(22)23)18-16(21)14-9-13(19-20-14)11-4-6-12(24-3)7-5-11/h4-7,10,13-15,19-20H,8-9H2,1-3H3,(H,18,21)(H,22,23)/t13?,14?,15-/m0/s1. The number of amides is 1. The summed E-state index contributed by atoms with van der Waals surface area (Å²) in [6.45, 7) is 3.86. The molecule has 0 aromatic heterocycles. The number of ether oxygens (including phenoxy) is 1. The van der Waals surface area contributed by atoms with Crippen molar-refractivity contribution in [1.82, 2.24) is 16.2 Å². The Bertz CT molecular complexity index is 574. The molecule has 7 nitrogen and oxygen atoms in total. The number of methoxy groups -OCH3 is 1. The molecule has 0 bridgehead atoms. The van der Waals surface area contributed by atoms with Crippen LogP contribution in [0.5, 0.6) is 5.75 Å². The number of benzene rings is 1. The van der Waals surface area contributed by atoms with Crippen LogP contribution in [-0.2, 0) is 9.59 Å². The Morgan fingerprint density at radius 2 is 1.96 bits per heavy atom. The van der Waals surface area contributed by atoms with Gasteiger partial charge in [0.1, 0.15) is 17.8 Å². The van der Waals surface area contributed by atoms with E-state index in [2.05, 4.69) is 16.2 Å². The summed E-state index contributed by atoms with van der Waals surface area (Å²) < 4.78 is 5.13. The maximum atomic E-state index is 12.3. The van der Waals surface area contributed by atoms with Gasteiger partial charge in [0.05, 0.1) is 7.11 Å². The Morgan fingerprint density at radius 1 is 1.29 bits per heavy atom. The summed E-state index contributed by atoms with van der Waals surface area (Å²) in [5.74, 6) is -0.341. The average Bonchev–Trinajstić information content (AvgIpc) is 3.04. The number of hydrogen-bond acceptors (Lipinski definition) is 5. The van der Waals surface area contributed by atoms with Crippen molar-refractivity contribution in [3.05, 3.63) is 29.8 Å². The Balaban J connectivity index is 1.93. The van der Waals surface area contributed by atoms with Crippen LogP contribution in [0.4, 0.5) is 0 Å². The van der Waals surface area contributed by atoms with Gasteiger partial charge >= 0.3 is 5.97 Å². The van der Waals surface area contributed by atoms with Gasteiger partial charge in [-0.1, -0.05) is 26.0 Å². The Hall–Kier alpha value is -2.12. The highest BCUT2D eigenvalue weighted by Crippen LogP contribution is 2.24. The van der Waals surface area contributed by atoms with E-state index in [1.54, 1.807) is 7.11 Å². The molecular weight excluding hydrogens is 310 g/mol. The van der Waals surface area contributed by atoms with Crippen LogP contribution >= 0.6 is 0 Å². The van der Waals surface area contributed by atoms with E-state index >= 15 is 0 Å². The predicted molar refractivity (Wildman–Crippen MR) is 89.4 cm³/mol. The van der Waals surface area contributed by atoms with E-state index in [9.17, 15) is 14.7 Å². The van der Waals surface area contributed by atoms with Crippen molar-refractivity contribution in [3.63, 3.8) is 0 Å². The molecule has 1 aliphatic rings. The van der Waals surface area contributed by atoms with E-state index in [0.717, 1.165) is 11.3 Å². The van der Waals surface area contributed by atoms with Gasteiger partial charge in [-0.2, -0.15) is 0 Å². The third-order valence-corrected chi connectivity index (χ3v) is 4.06. The van der Waals surface area contributed by atoms with Gasteiger partial charge in [0.25, 0.3) is 0 Å². The van der Waals surface area contributed by atoms with Crippen LogP contribution in [0.3, 0.4) is 0 Å². The van der Waals surface area contributed by atoms with Crippen molar-refractivity contribution in [2.75, 3.05) is 7.11 Å². The summed E-state index contributed by atoms with van der Waals surface area (Å²) in [7, 11) is 1.61. The number of rotatable bonds is 7. The number of aliphatic carboxylic acids is 1. The lowest BCUT2D eigenvalue weighted by molar-refractivity contribution is -0.142. The molecule has 2 rings (SSSR count). The summed E-state index contributed by atoms with van der Waals surface area (Å²) in [6.07, 6.45) is 0.954. The van der Waals surface area contributed by atoms with Gasteiger partial charge < -0.3 is 15.2 Å². The molecule has 1 saturated heterocycles. The third-order valence-electron chi connectivity index (χ3n) is 4.06. The number of carbonyl (C=O) groups is 2. The van der Waals surface area contributed by atoms with Gasteiger partial charge in [-0.25, -0.2) is 15.6 Å². The molecule has 0 radical (unpaired) electrons. The molecule has 1 heterocycles. The van der Waals surface area contributed by atoms with Crippen molar-refractivity contribution < 1.29 is 19.4 Å². The van der Waals surface area contributed by atoms with Crippen LogP contribution in [0, 0.1) is 5.92 Å². The second-order valence-electron chi connectivity index (χ2n) is 6.43. The Kier molecular flexibility index (Phi) is 6.16. The molecule has 4 N–H and O–H groups in total. The monoisotopic (exact) mass is 335 g/mol. The van der Waals surface area contributed by atoms with Crippen LogP contribution in [0.2, 0.25) is 0 Å². The van der Waals surface area contributed by atoms with Crippen LogP contribution in [-0.4, -0.2) is 36.2 Å². The normalized spacial score (nSPS) is 21.5. The van der Waals surface area contributed by atoms with E-state index in [1.165, 1.54) is 0 Å². The summed E-state index contributed by atoms with van der Waals surface area (Å²) in [6, 6.07) is 6.28. The zero-order valence-electron chi connectivity index (χ0n) is 14.2. The Labute approximate surface area is 141 Å². The summed E-state index contributed by atoms with van der Waals surface area (Å²) >= 11 is 0. The number of carbonyl (C=O) groups excluding carboxylic acids is 1. The van der Waals surface area contributed by atoms with Crippen molar-refractivity contribution in [3.8, 4) is 5.75 Å². The quantitative estimate of drug-likeness (QED) is 0.598. The van der Waals surface area contributed by atoms with Gasteiger partial charge in [0, 0.05) is 6.04 Å². The molecular formula is C17H25N3O4. The first-order valence-corrected chi connectivity index (χ1v) is 8.09. The van der Waals surface area contributed by atoms with Crippen LogP contribution < -0.4 is 20.9 Å². The largest absolute Gasteiger partial charge is 0.497 e. The number of carboxylic acid groups (broad SMARTS) is 1. The SMILES string of the molecule is COc1ccc(C2CC(C(=O)N[C@@H](CC(C)C)C(=O)O)NN2)cc1. The summed E-state index contributed by atoms with van der Waals surface area (Å²) in [5, 5.41) is 11.8. The molecule has 132 valence electrons. The van der Waals surface area contributed by atoms with Crippen molar-refractivity contribution in [2.24, 2.45) is 5.92 Å². The van der Waals surface area contributed by atoms with Crippen molar-refractivity contribution in [1.29, 1.82) is 0 Å². The molecule has 2 unspecified atom stereocenters. The fourth-order valence-electron chi connectivity index (χ4n) is 2.75. The van der Waals surface area contributed by atoms with Gasteiger partial charge in [-0.05, 0) is 36.5 Å². The molecule has 1 aromatic rings. The lowest BCUT2D eigenvalue weighted by Gasteiger charge is -2.18. The Morgan fingerprint density at radius 3 is 2.50 bits per heavy atom. The molecule has 7 heteroatoms. The van der Waals surface area contributed by atoms with E-state index in [1.807, 2.05) is 38.1 Å². The fraction of sp³-hybridized carbons (Fsp3) is 0.529. The van der Waals surface area contributed by atoms with Crippen molar-refractivity contribution >= 4 is 11.9 Å². The molecule has 0 saturated carbocycles. The zero-order valence-corrected chi connectivity index (χ0v) is 14.2. The third kappa shape index (κ3) is 4.69. The molecule has 24 heavy (non-hydrogen) atoms.